The number of aromatic nitrogens is 3. The lowest BCUT2D eigenvalue weighted by Crippen LogP contribution is -2.40. The number of hydrogen-bond donors (Lipinski definition) is 1. The van der Waals surface area contributed by atoms with E-state index in [1.54, 1.807) is 0 Å². The Kier molecular flexibility index (Phi) is 4.02. The molecule has 7 nitrogen and oxygen atoms in total. The summed E-state index contributed by atoms with van der Waals surface area (Å²) in [6.07, 6.45) is -4.53. The van der Waals surface area contributed by atoms with Gasteiger partial charge in [0, 0.05) is 19.7 Å². The Morgan fingerprint density at radius 3 is 2.55 bits per heavy atom. The molecule has 0 aliphatic carbocycles. The molecule has 1 aromatic heterocycles. The maximum absolute atomic E-state index is 12.6. The fourth-order valence-electron chi connectivity index (χ4n) is 1.96. The largest absolute Gasteiger partial charge is 0.451 e. The van der Waals surface area contributed by atoms with Gasteiger partial charge in [0.05, 0.1) is 12.3 Å². The maximum atomic E-state index is 12.6. The Labute approximate surface area is 113 Å². The van der Waals surface area contributed by atoms with E-state index in [4.69, 9.17) is 5.11 Å². The molecule has 0 atom stereocenters. The van der Waals surface area contributed by atoms with Crippen LogP contribution >= 0.6 is 0 Å². The average molecular weight is 314 g/mol. The molecule has 1 aliphatic heterocycles. The van der Waals surface area contributed by atoms with Crippen molar-refractivity contribution in [1.29, 1.82) is 0 Å². The van der Waals surface area contributed by atoms with Crippen molar-refractivity contribution >= 4 is 10.0 Å². The van der Waals surface area contributed by atoms with E-state index in [9.17, 15) is 21.6 Å². The molecular weight excluding hydrogens is 301 g/mol. The fourth-order valence-corrected chi connectivity index (χ4v) is 3.38. The highest BCUT2D eigenvalue weighted by Gasteiger charge is 2.40. The molecule has 0 spiro atoms. The van der Waals surface area contributed by atoms with Crippen LogP contribution in [0.15, 0.2) is 0 Å². The molecule has 0 saturated carbocycles. The lowest BCUT2D eigenvalue weighted by Gasteiger charge is -2.27. The van der Waals surface area contributed by atoms with Gasteiger partial charge in [0.1, 0.15) is 5.82 Å². The molecule has 0 fully saturated rings. The second-order valence-electron chi connectivity index (χ2n) is 4.32. The summed E-state index contributed by atoms with van der Waals surface area (Å²) < 4.78 is 63.6. The molecule has 2 rings (SSSR count). The smallest absolute Gasteiger partial charge is 0.396 e. The summed E-state index contributed by atoms with van der Waals surface area (Å²) in [5.74, 6) is -1.39. The third kappa shape index (κ3) is 2.94. The van der Waals surface area contributed by atoms with E-state index >= 15 is 0 Å². The minimum atomic E-state index is -4.61. The molecule has 0 aromatic carbocycles. The molecule has 2 heterocycles. The fraction of sp³-hybridized carbons (Fsp3) is 0.778. The lowest BCUT2D eigenvalue weighted by molar-refractivity contribution is -0.147. The summed E-state index contributed by atoms with van der Waals surface area (Å²) in [5.41, 5.74) is 0. The Hall–Kier alpha value is -1.20. The van der Waals surface area contributed by atoms with Gasteiger partial charge in [0.25, 0.3) is 0 Å². The minimum Gasteiger partial charge on any atom is -0.396 e. The van der Waals surface area contributed by atoms with Crippen LogP contribution in [-0.2, 0) is 29.3 Å². The first kappa shape index (κ1) is 15.2. The molecule has 114 valence electrons. The summed E-state index contributed by atoms with van der Waals surface area (Å²) in [5, 5.41) is 15.1. The van der Waals surface area contributed by atoms with Crippen LogP contribution in [0.4, 0.5) is 13.2 Å². The molecule has 0 amide bonds. The summed E-state index contributed by atoms with van der Waals surface area (Å²) in [6, 6.07) is 0. The third-order valence-electron chi connectivity index (χ3n) is 2.93. The third-order valence-corrected chi connectivity index (χ3v) is 4.83. The van der Waals surface area contributed by atoms with Crippen molar-refractivity contribution in [3.8, 4) is 0 Å². The summed E-state index contributed by atoms with van der Waals surface area (Å²) in [7, 11) is -3.60. The first-order valence-electron chi connectivity index (χ1n) is 5.83. The van der Waals surface area contributed by atoms with Crippen molar-refractivity contribution in [3.63, 3.8) is 0 Å². The van der Waals surface area contributed by atoms with Crippen LogP contribution in [-0.4, -0.2) is 51.5 Å². The van der Waals surface area contributed by atoms with E-state index in [1.165, 1.54) is 0 Å². The van der Waals surface area contributed by atoms with E-state index in [2.05, 4.69) is 10.2 Å². The second-order valence-corrected chi connectivity index (χ2v) is 6.40. The van der Waals surface area contributed by atoms with Gasteiger partial charge < -0.3 is 9.67 Å². The highest BCUT2D eigenvalue weighted by atomic mass is 32.2. The van der Waals surface area contributed by atoms with Gasteiger partial charge in [-0.25, -0.2) is 8.42 Å². The predicted molar refractivity (Wildman–Crippen MR) is 60.9 cm³/mol. The molecule has 11 heteroatoms. The highest BCUT2D eigenvalue weighted by molar-refractivity contribution is 7.89. The quantitative estimate of drug-likeness (QED) is 0.833. The van der Waals surface area contributed by atoms with Crippen molar-refractivity contribution in [3.05, 3.63) is 11.6 Å². The zero-order valence-electron chi connectivity index (χ0n) is 10.3. The number of alkyl halides is 3. The zero-order chi connectivity index (χ0) is 15.0. The van der Waals surface area contributed by atoms with Gasteiger partial charge in [-0.15, -0.1) is 10.2 Å². The number of rotatable bonds is 4. The van der Waals surface area contributed by atoms with Crippen LogP contribution in [0.1, 0.15) is 18.1 Å². The number of hydrogen-bond acceptors (Lipinski definition) is 5. The summed E-state index contributed by atoms with van der Waals surface area (Å²) in [6.45, 7) is -0.713. The van der Waals surface area contributed by atoms with Gasteiger partial charge in [-0.3, -0.25) is 0 Å². The molecule has 0 unspecified atom stereocenters. The Morgan fingerprint density at radius 2 is 1.95 bits per heavy atom. The number of nitrogens with zero attached hydrogens (tertiary/aromatic N) is 4. The molecule has 0 radical (unpaired) electrons. The number of aliphatic hydroxyl groups excluding tert-OH is 1. The van der Waals surface area contributed by atoms with Crippen LogP contribution in [0, 0.1) is 0 Å². The minimum absolute atomic E-state index is 0.0313. The van der Waals surface area contributed by atoms with E-state index < -0.39 is 22.0 Å². The normalized spacial score (nSPS) is 17.2. The van der Waals surface area contributed by atoms with E-state index in [-0.39, 0.29) is 44.2 Å². The van der Waals surface area contributed by atoms with Gasteiger partial charge in [-0.1, -0.05) is 0 Å². The summed E-state index contributed by atoms with van der Waals surface area (Å²) in [4.78, 5) is 0. The van der Waals surface area contributed by atoms with Crippen molar-refractivity contribution < 1.29 is 26.7 Å². The first-order valence-corrected chi connectivity index (χ1v) is 7.44. The Morgan fingerprint density at radius 1 is 1.25 bits per heavy atom. The first-order chi connectivity index (χ1) is 9.25. The number of aliphatic hydroxyl groups is 1. The van der Waals surface area contributed by atoms with E-state index in [0.29, 0.717) is 0 Å². The SMILES string of the molecule is O=S(=O)(CCCO)N1CCn2c(nnc2C(F)(F)F)C1. The molecule has 0 saturated heterocycles. The second kappa shape index (κ2) is 5.30. The standard InChI is InChI=1S/C9H13F3N4O3S/c10-9(11,12)8-14-13-7-6-15(2-3-16(7)8)20(18,19)5-1-4-17/h17H,1-6H2. The van der Waals surface area contributed by atoms with Crippen LogP contribution in [0.3, 0.4) is 0 Å². The molecule has 1 aliphatic rings. The highest BCUT2D eigenvalue weighted by Crippen LogP contribution is 2.29. The van der Waals surface area contributed by atoms with Crippen molar-refractivity contribution in [2.75, 3.05) is 18.9 Å². The number of halogens is 3. The van der Waals surface area contributed by atoms with Crippen LogP contribution in [0.25, 0.3) is 0 Å². The number of fused-ring (bicyclic) bond motifs is 1. The molecule has 0 bridgehead atoms. The van der Waals surface area contributed by atoms with Crippen molar-refractivity contribution in [2.45, 2.75) is 25.7 Å². The van der Waals surface area contributed by atoms with Gasteiger partial charge in [-0.05, 0) is 6.42 Å². The van der Waals surface area contributed by atoms with Crippen LogP contribution in [0.5, 0.6) is 0 Å². The molecule has 20 heavy (non-hydrogen) atoms. The van der Waals surface area contributed by atoms with E-state index in [0.717, 1.165) is 8.87 Å². The average Bonchev–Trinajstić information content (AvgIpc) is 2.79. The van der Waals surface area contributed by atoms with Crippen molar-refractivity contribution in [2.24, 2.45) is 0 Å². The topological polar surface area (TPSA) is 88.3 Å². The molecule has 1 aromatic rings. The molecular formula is C9H13F3N4O3S. The monoisotopic (exact) mass is 314 g/mol. The predicted octanol–water partition coefficient (Wildman–Crippen LogP) is -0.175. The van der Waals surface area contributed by atoms with Crippen LogP contribution in [0.2, 0.25) is 0 Å². The van der Waals surface area contributed by atoms with Gasteiger partial charge >= 0.3 is 6.18 Å². The Balaban J connectivity index is 2.19. The van der Waals surface area contributed by atoms with Gasteiger partial charge in [0.15, 0.2) is 0 Å². The zero-order valence-corrected chi connectivity index (χ0v) is 11.2. The van der Waals surface area contributed by atoms with Crippen LogP contribution < -0.4 is 0 Å². The van der Waals surface area contributed by atoms with Gasteiger partial charge in [-0.2, -0.15) is 17.5 Å². The maximum Gasteiger partial charge on any atom is 0.451 e. The van der Waals surface area contributed by atoms with E-state index in [1.807, 2.05) is 0 Å². The summed E-state index contributed by atoms with van der Waals surface area (Å²) >= 11 is 0. The number of sulfonamides is 1. The Bertz CT molecular complexity index is 584. The lowest BCUT2D eigenvalue weighted by atomic mass is 10.4. The molecule has 1 N–H and O–H groups in total. The van der Waals surface area contributed by atoms with Gasteiger partial charge in [0.2, 0.25) is 15.8 Å². The van der Waals surface area contributed by atoms with Crippen molar-refractivity contribution in [1.82, 2.24) is 19.1 Å².